The predicted octanol–water partition coefficient (Wildman–Crippen LogP) is 2.07. The van der Waals surface area contributed by atoms with E-state index in [-0.39, 0.29) is 11.6 Å². The second-order valence-corrected chi connectivity index (χ2v) is 6.89. The van der Waals surface area contributed by atoms with Gasteiger partial charge in [0.25, 0.3) is 5.56 Å². The summed E-state index contributed by atoms with van der Waals surface area (Å²) in [6.07, 6.45) is 9.42. The number of nitrogens with zero attached hydrogens (tertiary/aromatic N) is 6. The molecule has 1 unspecified atom stereocenters. The molecule has 7 nitrogen and oxygen atoms in total. The van der Waals surface area contributed by atoms with Crippen molar-refractivity contribution in [3.8, 4) is 11.3 Å². The van der Waals surface area contributed by atoms with Crippen LogP contribution in [-0.4, -0.2) is 42.2 Å². The molecule has 1 atom stereocenters. The van der Waals surface area contributed by atoms with Gasteiger partial charge in [-0.15, -0.1) is 0 Å². The van der Waals surface area contributed by atoms with Crippen LogP contribution in [0.25, 0.3) is 11.3 Å². The molecule has 4 heterocycles. The molecule has 1 fully saturated rings. The highest BCUT2D eigenvalue weighted by Gasteiger charge is 2.25. The lowest BCUT2D eigenvalue weighted by atomic mass is 10.2. The van der Waals surface area contributed by atoms with Crippen molar-refractivity contribution in [1.82, 2.24) is 29.6 Å². The zero-order valence-corrected chi connectivity index (χ0v) is 15.3. The van der Waals surface area contributed by atoms with E-state index in [1.165, 1.54) is 0 Å². The van der Waals surface area contributed by atoms with Gasteiger partial charge in [-0.1, -0.05) is 0 Å². The third kappa shape index (κ3) is 4.09. The SMILES string of the molecule is Cc1ncc(CN2CCCC2Cn2nc(-c3cccnc3)ccc2=O)cn1. The standard InChI is InChI=1S/C20H22N6O/c1-15-22-10-16(11-23-15)13-25-9-3-5-18(25)14-26-20(27)7-6-19(24-26)17-4-2-8-21-12-17/h2,4,6-8,10-12,18H,3,5,9,13-14H2,1H3. The fourth-order valence-corrected chi connectivity index (χ4v) is 3.49. The summed E-state index contributed by atoms with van der Waals surface area (Å²) in [6, 6.07) is 7.44. The van der Waals surface area contributed by atoms with Gasteiger partial charge in [-0.2, -0.15) is 5.10 Å². The normalized spacial score (nSPS) is 17.3. The quantitative estimate of drug-likeness (QED) is 0.691. The van der Waals surface area contributed by atoms with Gasteiger partial charge in [-0.05, 0) is 44.5 Å². The average Bonchev–Trinajstić information content (AvgIpc) is 3.13. The first kappa shape index (κ1) is 17.5. The van der Waals surface area contributed by atoms with E-state index in [1.807, 2.05) is 31.5 Å². The summed E-state index contributed by atoms with van der Waals surface area (Å²) >= 11 is 0. The lowest BCUT2D eigenvalue weighted by Gasteiger charge is -2.24. The third-order valence-corrected chi connectivity index (χ3v) is 4.93. The van der Waals surface area contributed by atoms with Crippen LogP contribution < -0.4 is 5.56 Å². The lowest BCUT2D eigenvalue weighted by Crippen LogP contribution is -2.36. The van der Waals surface area contributed by atoms with E-state index < -0.39 is 0 Å². The second-order valence-electron chi connectivity index (χ2n) is 6.89. The van der Waals surface area contributed by atoms with Crippen LogP contribution in [0.15, 0.2) is 53.8 Å². The van der Waals surface area contributed by atoms with E-state index in [1.54, 1.807) is 29.2 Å². The van der Waals surface area contributed by atoms with Crippen LogP contribution >= 0.6 is 0 Å². The fraction of sp³-hybridized carbons (Fsp3) is 0.350. The minimum Gasteiger partial charge on any atom is -0.294 e. The Morgan fingerprint density at radius 1 is 1.15 bits per heavy atom. The van der Waals surface area contributed by atoms with E-state index in [4.69, 9.17) is 0 Å². The number of aromatic nitrogens is 5. The Bertz CT molecular complexity index is 954. The van der Waals surface area contributed by atoms with Crippen LogP contribution in [-0.2, 0) is 13.1 Å². The van der Waals surface area contributed by atoms with Crippen molar-refractivity contribution in [2.75, 3.05) is 6.54 Å². The molecular weight excluding hydrogens is 340 g/mol. The van der Waals surface area contributed by atoms with Crippen molar-refractivity contribution in [3.63, 3.8) is 0 Å². The van der Waals surface area contributed by atoms with Crippen molar-refractivity contribution in [3.05, 3.63) is 70.8 Å². The highest BCUT2D eigenvalue weighted by atomic mass is 16.1. The molecule has 1 aliphatic rings. The highest BCUT2D eigenvalue weighted by Crippen LogP contribution is 2.21. The molecule has 0 aromatic carbocycles. The van der Waals surface area contributed by atoms with Gasteiger partial charge >= 0.3 is 0 Å². The van der Waals surface area contributed by atoms with Crippen LogP contribution in [0.2, 0.25) is 0 Å². The first-order valence-electron chi connectivity index (χ1n) is 9.19. The molecule has 7 heteroatoms. The van der Waals surface area contributed by atoms with E-state index in [0.717, 1.165) is 48.6 Å². The van der Waals surface area contributed by atoms with Gasteiger partial charge < -0.3 is 0 Å². The molecule has 0 amide bonds. The number of likely N-dealkylation sites (tertiary alicyclic amines) is 1. The van der Waals surface area contributed by atoms with Gasteiger partial charge in [-0.25, -0.2) is 14.6 Å². The highest BCUT2D eigenvalue weighted by molar-refractivity contribution is 5.56. The molecule has 27 heavy (non-hydrogen) atoms. The number of aryl methyl sites for hydroxylation is 1. The van der Waals surface area contributed by atoms with Crippen LogP contribution in [0.3, 0.4) is 0 Å². The Labute approximate surface area is 157 Å². The predicted molar refractivity (Wildman–Crippen MR) is 102 cm³/mol. The molecule has 1 aliphatic heterocycles. The summed E-state index contributed by atoms with van der Waals surface area (Å²) in [4.78, 5) is 27.4. The average molecular weight is 362 g/mol. The molecule has 0 radical (unpaired) electrons. The van der Waals surface area contributed by atoms with Gasteiger partial charge in [0.15, 0.2) is 0 Å². The summed E-state index contributed by atoms with van der Waals surface area (Å²) < 4.78 is 1.58. The Morgan fingerprint density at radius 2 is 2.00 bits per heavy atom. The first-order valence-corrected chi connectivity index (χ1v) is 9.19. The summed E-state index contributed by atoms with van der Waals surface area (Å²) in [5.41, 5.74) is 2.69. The Balaban J connectivity index is 1.52. The maximum absolute atomic E-state index is 12.3. The molecule has 1 saturated heterocycles. The van der Waals surface area contributed by atoms with Crippen LogP contribution in [0, 0.1) is 6.92 Å². The van der Waals surface area contributed by atoms with Crippen molar-refractivity contribution >= 4 is 0 Å². The summed E-state index contributed by atoms with van der Waals surface area (Å²) in [5, 5.41) is 4.57. The Hall–Kier alpha value is -2.93. The van der Waals surface area contributed by atoms with E-state index in [0.29, 0.717) is 6.54 Å². The molecule has 3 aromatic rings. The van der Waals surface area contributed by atoms with E-state index >= 15 is 0 Å². The second kappa shape index (κ2) is 7.75. The minimum atomic E-state index is -0.0758. The summed E-state index contributed by atoms with van der Waals surface area (Å²) in [7, 11) is 0. The Morgan fingerprint density at radius 3 is 2.78 bits per heavy atom. The van der Waals surface area contributed by atoms with Gasteiger partial charge in [0.1, 0.15) is 5.82 Å². The van der Waals surface area contributed by atoms with E-state index in [9.17, 15) is 4.79 Å². The molecule has 4 rings (SSSR count). The molecule has 0 N–H and O–H groups in total. The third-order valence-electron chi connectivity index (χ3n) is 4.93. The Kier molecular flexibility index (Phi) is 5.02. The first-order chi connectivity index (χ1) is 13.2. The maximum Gasteiger partial charge on any atom is 0.266 e. The van der Waals surface area contributed by atoms with Gasteiger partial charge in [0.2, 0.25) is 0 Å². The van der Waals surface area contributed by atoms with Gasteiger partial charge in [0.05, 0.1) is 12.2 Å². The van der Waals surface area contributed by atoms with Crippen molar-refractivity contribution in [2.24, 2.45) is 0 Å². The zero-order chi connectivity index (χ0) is 18.6. The number of rotatable bonds is 5. The fourth-order valence-electron chi connectivity index (χ4n) is 3.49. The lowest BCUT2D eigenvalue weighted by molar-refractivity contribution is 0.216. The summed E-state index contributed by atoms with van der Waals surface area (Å²) in [5.74, 6) is 0.777. The molecule has 3 aromatic heterocycles. The van der Waals surface area contributed by atoms with Gasteiger partial charge in [-0.3, -0.25) is 14.7 Å². The summed E-state index contributed by atoms with van der Waals surface area (Å²) in [6.45, 7) is 4.27. The minimum absolute atomic E-state index is 0.0758. The monoisotopic (exact) mass is 362 g/mol. The number of pyridine rings is 1. The van der Waals surface area contributed by atoms with Crippen molar-refractivity contribution in [1.29, 1.82) is 0 Å². The molecule has 138 valence electrons. The van der Waals surface area contributed by atoms with Crippen molar-refractivity contribution in [2.45, 2.75) is 38.9 Å². The van der Waals surface area contributed by atoms with E-state index in [2.05, 4.69) is 25.0 Å². The maximum atomic E-state index is 12.3. The topological polar surface area (TPSA) is 76.8 Å². The smallest absolute Gasteiger partial charge is 0.266 e. The van der Waals surface area contributed by atoms with Gasteiger partial charge in [0, 0.05) is 54.6 Å². The van der Waals surface area contributed by atoms with Crippen molar-refractivity contribution < 1.29 is 0 Å². The molecular formula is C20H22N6O. The molecule has 0 spiro atoms. The van der Waals surface area contributed by atoms with Crippen LogP contribution in [0.5, 0.6) is 0 Å². The number of hydrogen-bond donors (Lipinski definition) is 0. The zero-order valence-electron chi connectivity index (χ0n) is 15.3. The largest absolute Gasteiger partial charge is 0.294 e. The molecule has 0 bridgehead atoms. The molecule has 0 saturated carbocycles. The number of hydrogen-bond acceptors (Lipinski definition) is 6. The molecule has 0 aliphatic carbocycles. The van der Waals surface area contributed by atoms with Crippen LogP contribution in [0.4, 0.5) is 0 Å². The van der Waals surface area contributed by atoms with Crippen LogP contribution in [0.1, 0.15) is 24.2 Å².